The van der Waals surface area contributed by atoms with Crippen LogP contribution < -0.4 is 0 Å². The van der Waals surface area contributed by atoms with Gasteiger partial charge in [0.05, 0.1) is 40.4 Å². The van der Waals surface area contributed by atoms with Crippen LogP contribution in [-0.2, 0) is 22.5 Å². The van der Waals surface area contributed by atoms with Crippen LogP contribution in [0.25, 0.3) is 22.2 Å². The molecule has 0 bridgehead atoms. The lowest BCUT2D eigenvalue weighted by Gasteiger charge is -2.09. The van der Waals surface area contributed by atoms with Crippen molar-refractivity contribution < 1.29 is 18.8 Å². The van der Waals surface area contributed by atoms with E-state index in [1.54, 1.807) is 12.1 Å². The van der Waals surface area contributed by atoms with Gasteiger partial charge >= 0.3 is 5.97 Å². The molecule has 3 heterocycles. The minimum atomic E-state index is -0.458. The van der Waals surface area contributed by atoms with Gasteiger partial charge in [0.15, 0.2) is 0 Å². The van der Waals surface area contributed by atoms with Gasteiger partial charge < -0.3 is 14.0 Å². The SMILES string of the molecule is COC(=O)c1ccc(C#N)c2nc(CCCCOCc3c(-c4c(Cl)cncc4Cl)noc3C3CC3)ccc12. The molecule has 1 aliphatic carbocycles. The third-order valence-corrected chi connectivity index (χ3v) is 7.09. The van der Waals surface area contributed by atoms with Crippen molar-refractivity contribution in [3.8, 4) is 17.3 Å². The third kappa shape index (κ3) is 5.37. The summed E-state index contributed by atoms with van der Waals surface area (Å²) in [6, 6.07) is 9.05. The number of nitrogens with zero attached hydrogens (tertiary/aromatic N) is 4. The highest BCUT2D eigenvalue weighted by molar-refractivity contribution is 6.38. The molecular formula is C28H24Cl2N4O4. The van der Waals surface area contributed by atoms with Gasteiger partial charge in [0.1, 0.15) is 17.5 Å². The van der Waals surface area contributed by atoms with Crippen LogP contribution in [0, 0.1) is 11.3 Å². The fourth-order valence-corrected chi connectivity index (χ4v) is 4.96. The fourth-order valence-electron chi connectivity index (χ4n) is 4.42. The van der Waals surface area contributed by atoms with Gasteiger partial charge in [-0.3, -0.25) is 9.97 Å². The molecule has 0 unspecified atom stereocenters. The molecule has 3 aromatic heterocycles. The predicted molar refractivity (Wildman–Crippen MR) is 142 cm³/mol. The molecule has 0 N–H and O–H groups in total. The van der Waals surface area contributed by atoms with Crippen molar-refractivity contribution in [3.63, 3.8) is 0 Å². The monoisotopic (exact) mass is 550 g/mol. The molecule has 1 fully saturated rings. The fraction of sp³-hybridized carbons (Fsp3) is 0.321. The maximum Gasteiger partial charge on any atom is 0.338 e. The molecule has 10 heteroatoms. The summed E-state index contributed by atoms with van der Waals surface area (Å²) in [6.45, 7) is 0.881. The summed E-state index contributed by atoms with van der Waals surface area (Å²) in [5.74, 6) is 0.732. The third-order valence-electron chi connectivity index (χ3n) is 6.52. The van der Waals surface area contributed by atoms with Crippen molar-refractivity contribution >= 4 is 40.1 Å². The van der Waals surface area contributed by atoms with Gasteiger partial charge in [0.2, 0.25) is 0 Å². The maximum absolute atomic E-state index is 12.1. The Hall–Kier alpha value is -3.51. The van der Waals surface area contributed by atoms with E-state index in [0.717, 1.165) is 42.7 Å². The number of methoxy groups -OCH3 is 1. The van der Waals surface area contributed by atoms with E-state index in [-0.39, 0.29) is 0 Å². The lowest BCUT2D eigenvalue weighted by molar-refractivity contribution is 0.0603. The molecule has 38 heavy (non-hydrogen) atoms. The van der Waals surface area contributed by atoms with Crippen LogP contribution in [-0.4, -0.2) is 34.8 Å². The largest absolute Gasteiger partial charge is 0.465 e. The van der Waals surface area contributed by atoms with Crippen molar-refractivity contribution in [1.29, 1.82) is 5.26 Å². The summed E-state index contributed by atoms with van der Waals surface area (Å²) < 4.78 is 16.6. The van der Waals surface area contributed by atoms with Gasteiger partial charge in [-0.2, -0.15) is 5.26 Å². The Kier molecular flexibility index (Phi) is 7.89. The van der Waals surface area contributed by atoms with Crippen molar-refractivity contribution in [3.05, 3.63) is 74.8 Å². The number of nitriles is 1. The Morgan fingerprint density at radius 1 is 1.16 bits per heavy atom. The summed E-state index contributed by atoms with van der Waals surface area (Å²) in [4.78, 5) is 20.8. The minimum Gasteiger partial charge on any atom is -0.465 e. The molecule has 5 rings (SSSR count). The number of ether oxygens (including phenoxy) is 2. The number of carbonyl (C=O) groups excluding carboxylic acids is 1. The number of aromatic nitrogens is 3. The summed E-state index contributed by atoms with van der Waals surface area (Å²) in [6.07, 6.45) is 7.56. The summed E-state index contributed by atoms with van der Waals surface area (Å²) >= 11 is 12.7. The van der Waals surface area contributed by atoms with E-state index < -0.39 is 5.97 Å². The number of aryl methyl sites for hydroxylation is 1. The molecule has 0 amide bonds. The molecule has 1 saturated carbocycles. The normalized spacial score (nSPS) is 13.0. The van der Waals surface area contributed by atoms with Crippen molar-refractivity contribution in [2.75, 3.05) is 13.7 Å². The molecule has 0 aliphatic heterocycles. The molecule has 0 saturated heterocycles. The number of unbranched alkanes of at least 4 members (excludes halogenated alkanes) is 1. The standard InChI is InChI=1S/C28H24Cl2N4O4/c1-36-28(35)20-9-7-17(12-31)25-19(20)10-8-18(33-25)4-2-3-11-37-15-21-26(34-38-27(21)16-5-6-16)24-22(29)13-32-14-23(24)30/h7-10,13-14,16H,2-6,11,15H2,1H3. The second kappa shape index (κ2) is 11.5. The van der Waals surface area contributed by atoms with Crippen LogP contribution in [0.1, 0.15) is 64.5 Å². The molecule has 1 aliphatic rings. The van der Waals surface area contributed by atoms with Crippen LogP contribution in [0.5, 0.6) is 0 Å². The molecule has 0 atom stereocenters. The molecular weight excluding hydrogens is 527 g/mol. The highest BCUT2D eigenvalue weighted by atomic mass is 35.5. The minimum absolute atomic E-state index is 0.343. The number of halogens is 2. The van der Waals surface area contributed by atoms with Gasteiger partial charge in [-0.05, 0) is 50.3 Å². The Labute approximate surface area is 229 Å². The first kappa shape index (κ1) is 26.1. The highest BCUT2D eigenvalue weighted by Crippen LogP contribution is 2.45. The van der Waals surface area contributed by atoms with Gasteiger partial charge in [0.25, 0.3) is 0 Å². The predicted octanol–water partition coefficient (Wildman–Crippen LogP) is 6.67. The van der Waals surface area contributed by atoms with E-state index in [4.69, 9.17) is 37.2 Å². The van der Waals surface area contributed by atoms with E-state index in [0.29, 0.717) is 68.9 Å². The van der Waals surface area contributed by atoms with Crippen molar-refractivity contribution in [2.24, 2.45) is 0 Å². The Bertz CT molecular complexity index is 1520. The van der Waals surface area contributed by atoms with Gasteiger partial charge in [-0.15, -0.1) is 0 Å². The van der Waals surface area contributed by atoms with Gasteiger partial charge in [-0.25, -0.2) is 4.79 Å². The maximum atomic E-state index is 12.1. The van der Waals surface area contributed by atoms with Crippen LogP contribution >= 0.6 is 23.2 Å². The Balaban J connectivity index is 1.21. The molecule has 8 nitrogen and oxygen atoms in total. The first-order valence-electron chi connectivity index (χ1n) is 12.3. The zero-order valence-corrected chi connectivity index (χ0v) is 22.2. The lowest BCUT2D eigenvalue weighted by Crippen LogP contribution is -2.04. The van der Waals surface area contributed by atoms with Crippen LogP contribution in [0.3, 0.4) is 0 Å². The van der Waals surface area contributed by atoms with E-state index in [2.05, 4.69) is 21.2 Å². The molecule has 4 aromatic rings. The van der Waals surface area contributed by atoms with E-state index in [9.17, 15) is 10.1 Å². The number of fused-ring (bicyclic) bond motifs is 1. The molecule has 194 valence electrons. The van der Waals surface area contributed by atoms with Crippen LogP contribution in [0.2, 0.25) is 10.0 Å². The number of hydrogen-bond acceptors (Lipinski definition) is 8. The molecule has 0 spiro atoms. The van der Waals surface area contributed by atoms with Gasteiger partial charge in [0, 0.05) is 47.1 Å². The number of carbonyl (C=O) groups is 1. The zero-order valence-electron chi connectivity index (χ0n) is 20.7. The highest BCUT2D eigenvalue weighted by Gasteiger charge is 2.33. The molecule has 0 radical (unpaired) electrons. The molecule has 1 aromatic carbocycles. The van der Waals surface area contributed by atoms with E-state index in [1.807, 2.05) is 12.1 Å². The average Bonchev–Trinajstić information content (AvgIpc) is 3.69. The smallest absolute Gasteiger partial charge is 0.338 e. The lowest BCUT2D eigenvalue weighted by atomic mass is 10.0. The quantitative estimate of drug-likeness (QED) is 0.159. The van der Waals surface area contributed by atoms with Crippen LogP contribution in [0.4, 0.5) is 0 Å². The number of benzene rings is 1. The number of esters is 1. The summed E-state index contributed by atoms with van der Waals surface area (Å²) in [5, 5.41) is 15.2. The van der Waals surface area contributed by atoms with Crippen molar-refractivity contribution in [2.45, 2.75) is 44.6 Å². The van der Waals surface area contributed by atoms with E-state index >= 15 is 0 Å². The van der Waals surface area contributed by atoms with Crippen molar-refractivity contribution in [1.82, 2.24) is 15.1 Å². The Morgan fingerprint density at radius 3 is 2.66 bits per heavy atom. The van der Waals surface area contributed by atoms with Crippen LogP contribution in [0.15, 0.2) is 41.2 Å². The topological polar surface area (TPSA) is 111 Å². The number of rotatable bonds is 10. The first-order valence-corrected chi connectivity index (χ1v) is 13.0. The van der Waals surface area contributed by atoms with E-state index in [1.165, 1.54) is 19.5 Å². The van der Waals surface area contributed by atoms with Gasteiger partial charge in [-0.1, -0.05) is 34.4 Å². The average molecular weight is 551 g/mol. The summed E-state index contributed by atoms with van der Waals surface area (Å²) in [7, 11) is 1.33. The Morgan fingerprint density at radius 2 is 1.95 bits per heavy atom. The number of hydrogen-bond donors (Lipinski definition) is 0. The number of pyridine rings is 2. The summed E-state index contributed by atoms with van der Waals surface area (Å²) in [5.41, 5.74) is 4.24. The zero-order chi connectivity index (χ0) is 26.6. The second-order valence-corrected chi connectivity index (χ2v) is 9.91. The second-order valence-electron chi connectivity index (χ2n) is 9.10. The first-order chi connectivity index (χ1) is 18.5.